The second kappa shape index (κ2) is 7.36. The molecule has 1 aliphatic rings. The Morgan fingerprint density at radius 1 is 1.16 bits per heavy atom. The van der Waals surface area contributed by atoms with Crippen LogP contribution in [-0.2, 0) is 9.53 Å². The lowest BCUT2D eigenvalue weighted by Crippen LogP contribution is -2.53. The van der Waals surface area contributed by atoms with Crippen LogP contribution in [0.5, 0.6) is 0 Å². The molecule has 0 N–H and O–H groups in total. The third-order valence-electron chi connectivity index (χ3n) is 3.44. The van der Waals surface area contributed by atoms with E-state index in [0.29, 0.717) is 10.6 Å². The predicted octanol–water partition coefficient (Wildman–Crippen LogP) is 5.63. The van der Waals surface area contributed by atoms with Crippen LogP contribution in [0.2, 0.25) is 5.02 Å². The van der Waals surface area contributed by atoms with Crippen molar-refractivity contribution < 1.29 is 14.3 Å². The first-order valence-electron chi connectivity index (χ1n) is 7.48. The Morgan fingerprint density at radius 2 is 1.72 bits per heavy atom. The number of carbonyl (C=O) groups is 2. The van der Waals surface area contributed by atoms with Gasteiger partial charge >= 0.3 is 6.09 Å². The summed E-state index contributed by atoms with van der Waals surface area (Å²) < 4.78 is 3.41. The maximum atomic E-state index is 12.6. The third kappa shape index (κ3) is 5.27. The molecule has 0 fully saturated rings. The highest BCUT2D eigenvalue weighted by atomic mass is 35.6. The van der Waals surface area contributed by atoms with Gasteiger partial charge in [-0.1, -0.05) is 58.5 Å². The van der Waals surface area contributed by atoms with Gasteiger partial charge in [0.05, 0.1) is 6.04 Å². The molecule has 1 atom stereocenters. The fourth-order valence-corrected chi connectivity index (χ4v) is 3.04. The van der Waals surface area contributed by atoms with Gasteiger partial charge < -0.3 is 4.74 Å². The summed E-state index contributed by atoms with van der Waals surface area (Å²) in [5.74, 6) is -0.596. The van der Waals surface area contributed by atoms with Crippen molar-refractivity contribution in [1.82, 2.24) is 4.90 Å². The molecule has 136 valence electrons. The van der Waals surface area contributed by atoms with Gasteiger partial charge in [0.2, 0.25) is 3.79 Å². The molecular formula is C17H17Cl4NO3. The molecule has 4 nitrogen and oxygen atoms in total. The van der Waals surface area contributed by atoms with Crippen molar-refractivity contribution >= 4 is 64.0 Å². The van der Waals surface area contributed by atoms with Crippen LogP contribution in [0.3, 0.4) is 0 Å². The number of imide groups is 1. The van der Waals surface area contributed by atoms with Crippen molar-refractivity contribution in [3.8, 4) is 0 Å². The maximum Gasteiger partial charge on any atom is 0.417 e. The molecule has 0 unspecified atom stereocenters. The van der Waals surface area contributed by atoms with E-state index in [-0.39, 0.29) is 6.42 Å². The summed E-state index contributed by atoms with van der Waals surface area (Å²) in [5.41, 5.74) is 0.633. The number of benzene rings is 1. The third-order valence-corrected chi connectivity index (χ3v) is 4.45. The molecule has 25 heavy (non-hydrogen) atoms. The quantitative estimate of drug-likeness (QED) is 0.548. The first kappa shape index (κ1) is 20.4. The van der Waals surface area contributed by atoms with Crippen molar-refractivity contribution in [2.45, 2.75) is 42.6 Å². The Kier molecular flexibility index (Phi) is 5.99. The molecule has 0 saturated heterocycles. The van der Waals surface area contributed by atoms with E-state index in [2.05, 4.69) is 0 Å². The lowest BCUT2D eigenvalue weighted by Gasteiger charge is -2.38. The molecule has 0 aliphatic carbocycles. The monoisotopic (exact) mass is 423 g/mol. The van der Waals surface area contributed by atoms with Gasteiger partial charge in [0.15, 0.2) is 0 Å². The van der Waals surface area contributed by atoms with Gasteiger partial charge in [-0.3, -0.25) is 4.79 Å². The number of nitrogens with zero attached hydrogens (tertiary/aromatic N) is 1. The molecule has 0 bridgehead atoms. The van der Waals surface area contributed by atoms with Crippen LogP contribution in [0.25, 0.3) is 5.57 Å². The van der Waals surface area contributed by atoms with Crippen LogP contribution in [0.1, 0.15) is 32.8 Å². The van der Waals surface area contributed by atoms with Crippen LogP contribution in [0.15, 0.2) is 30.3 Å². The molecule has 2 rings (SSSR count). The minimum absolute atomic E-state index is 0.184. The van der Waals surface area contributed by atoms with E-state index in [4.69, 9.17) is 51.1 Å². The van der Waals surface area contributed by atoms with Gasteiger partial charge in [-0.05, 0) is 50.5 Å². The molecule has 8 heteroatoms. The maximum absolute atomic E-state index is 12.6. The normalized spacial score (nSPS) is 18.8. The number of ether oxygens (including phenoxy) is 1. The molecule has 0 radical (unpaired) electrons. The first-order valence-corrected chi connectivity index (χ1v) is 8.99. The average Bonchev–Trinajstić information content (AvgIpc) is 2.44. The van der Waals surface area contributed by atoms with Gasteiger partial charge in [-0.25, -0.2) is 9.69 Å². The molecule has 2 amide bonds. The summed E-state index contributed by atoms with van der Waals surface area (Å²) in [6.07, 6.45) is 0.684. The number of halogens is 4. The molecule has 1 aliphatic heterocycles. The minimum atomic E-state index is -1.86. The zero-order valence-electron chi connectivity index (χ0n) is 13.9. The van der Waals surface area contributed by atoms with Crippen LogP contribution in [0, 0.1) is 0 Å². The number of carbonyl (C=O) groups excluding carboxylic acids is 2. The highest BCUT2D eigenvalue weighted by Gasteiger charge is 2.46. The Balaban J connectivity index is 2.39. The average molecular weight is 425 g/mol. The summed E-state index contributed by atoms with van der Waals surface area (Å²) in [4.78, 5) is 25.9. The minimum Gasteiger partial charge on any atom is -0.443 e. The van der Waals surface area contributed by atoms with Crippen molar-refractivity contribution in [1.29, 1.82) is 0 Å². The van der Waals surface area contributed by atoms with E-state index in [1.165, 1.54) is 6.08 Å². The van der Waals surface area contributed by atoms with E-state index in [9.17, 15) is 9.59 Å². The lowest BCUT2D eigenvalue weighted by molar-refractivity contribution is -0.127. The molecule has 1 aromatic rings. The van der Waals surface area contributed by atoms with Crippen LogP contribution >= 0.6 is 46.4 Å². The van der Waals surface area contributed by atoms with Gasteiger partial charge in [0, 0.05) is 11.1 Å². The summed E-state index contributed by atoms with van der Waals surface area (Å²) in [6.45, 7) is 5.08. The fourth-order valence-electron chi connectivity index (χ4n) is 2.39. The Labute approximate surface area is 166 Å². The van der Waals surface area contributed by atoms with Crippen molar-refractivity contribution in [2.24, 2.45) is 0 Å². The van der Waals surface area contributed by atoms with E-state index < -0.39 is 27.4 Å². The molecule has 0 spiro atoms. The van der Waals surface area contributed by atoms with Crippen molar-refractivity contribution in [3.05, 3.63) is 40.9 Å². The highest BCUT2D eigenvalue weighted by molar-refractivity contribution is 6.68. The van der Waals surface area contributed by atoms with Gasteiger partial charge in [0.1, 0.15) is 5.60 Å². The number of amides is 2. The lowest BCUT2D eigenvalue weighted by atomic mass is 9.94. The molecular weight excluding hydrogens is 408 g/mol. The smallest absolute Gasteiger partial charge is 0.417 e. The van der Waals surface area contributed by atoms with E-state index in [0.717, 1.165) is 10.5 Å². The van der Waals surface area contributed by atoms with Gasteiger partial charge in [0.25, 0.3) is 5.91 Å². The number of hydrogen-bond acceptors (Lipinski definition) is 3. The Hall–Kier alpha value is -0.940. The van der Waals surface area contributed by atoms with Gasteiger partial charge in [-0.2, -0.15) is 0 Å². The zero-order valence-corrected chi connectivity index (χ0v) is 16.9. The summed E-state index contributed by atoms with van der Waals surface area (Å²) in [6, 6.07) is 5.94. The van der Waals surface area contributed by atoms with Crippen LogP contribution in [-0.4, -0.2) is 32.3 Å². The first-order chi connectivity index (χ1) is 11.4. The number of hydrogen-bond donors (Lipinski definition) is 0. The Bertz CT molecular complexity index is 702. The fraction of sp³-hybridized carbons (Fsp3) is 0.412. The van der Waals surface area contributed by atoms with Crippen LogP contribution in [0.4, 0.5) is 4.79 Å². The summed E-state index contributed by atoms with van der Waals surface area (Å²) in [7, 11) is 0. The topological polar surface area (TPSA) is 46.6 Å². The second-order valence-electron chi connectivity index (χ2n) is 6.63. The summed E-state index contributed by atoms with van der Waals surface area (Å²) >= 11 is 24.0. The molecule has 0 aromatic heterocycles. The largest absolute Gasteiger partial charge is 0.443 e. The van der Waals surface area contributed by atoms with E-state index in [1.54, 1.807) is 45.0 Å². The van der Waals surface area contributed by atoms with Gasteiger partial charge in [-0.15, -0.1) is 0 Å². The predicted molar refractivity (Wildman–Crippen MR) is 101 cm³/mol. The standard InChI is InChI=1S/C17H17Cl4NO3/c1-16(2,3)25-15(24)22-13(17(19,20)21)8-11(9-14(22)23)10-4-6-12(18)7-5-10/h4-7,9,13H,8H2,1-3H3/t13-/m0/s1. The van der Waals surface area contributed by atoms with E-state index >= 15 is 0 Å². The van der Waals surface area contributed by atoms with Crippen molar-refractivity contribution in [3.63, 3.8) is 0 Å². The second-order valence-corrected chi connectivity index (χ2v) is 9.43. The SMILES string of the molecule is CC(C)(C)OC(=O)N1C(=O)C=C(c2ccc(Cl)cc2)C[C@H]1C(Cl)(Cl)Cl. The zero-order chi connectivity index (χ0) is 19.0. The van der Waals surface area contributed by atoms with Crippen molar-refractivity contribution in [2.75, 3.05) is 0 Å². The van der Waals surface area contributed by atoms with E-state index in [1.807, 2.05) is 0 Å². The van der Waals surface area contributed by atoms with Crippen LogP contribution < -0.4 is 0 Å². The number of alkyl halides is 3. The Morgan fingerprint density at radius 3 is 2.20 bits per heavy atom. The number of rotatable bonds is 1. The molecule has 1 heterocycles. The highest BCUT2D eigenvalue weighted by Crippen LogP contribution is 2.41. The molecule has 1 aromatic carbocycles. The summed E-state index contributed by atoms with van der Waals surface area (Å²) in [5, 5.41) is 0.569. The molecule has 0 saturated carbocycles.